The van der Waals surface area contributed by atoms with Crippen LogP contribution in [0, 0.1) is 0 Å². The molecular weight excluding hydrogens is 446 g/mol. The van der Waals surface area contributed by atoms with Crippen molar-refractivity contribution in [3.8, 4) is 0 Å². The highest BCUT2D eigenvalue weighted by Gasteiger charge is 2.40. The van der Waals surface area contributed by atoms with Crippen molar-refractivity contribution in [3.63, 3.8) is 0 Å². The van der Waals surface area contributed by atoms with Crippen LogP contribution < -0.4 is 10.2 Å². The first kappa shape index (κ1) is 22.0. The molecule has 0 bridgehead atoms. The number of carbonyl (C=O) groups excluding carboxylic acids is 2. The van der Waals surface area contributed by atoms with Crippen molar-refractivity contribution in [1.82, 2.24) is 4.31 Å². The zero-order valence-corrected chi connectivity index (χ0v) is 18.2. The maximum absolute atomic E-state index is 13.3. The minimum absolute atomic E-state index is 0.0445. The molecule has 0 atom stereocenters. The number of carboxylic acids is 1. The smallest absolute Gasteiger partial charge is 0.338 e. The molecular formula is C23H19N3O6S. The zero-order valence-electron chi connectivity index (χ0n) is 17.4. The molecule has 1 aliphatic heterocycles. The molecule has 0 radical (unpaired) electrons. The predicted octanol–water partition coefficient (Wildman–Crippen LogP) is 3.40. The van der Waals surface area contributed by atoms with E-state index in [2.05, 4.69) is 5.32 Å². The maximum atomic E-state index is 13.3. The number of hydrogen-bond acceptors (Lipinski definition) is 5. The first-order valence-corrected chi connectivity index (χ1v) is 11.3. The largest absolute Gasteiger partial charge is 0.478 e. The lowest BCUT2D eigenvalue weighted by atomic mass is 10.1. The molecule has 1 aliphatic rings. The fourth-order valence-corrected chi connectivity index (χ4v) is 5.06. The van der Waals surface area contributed by atoms with Gasteiger partial charge in [0.25, 0.3) is 15.9 Å². The summed E-state index contributed by atoms with van der Waals surface area (Å²) >= 11 is 0. The van der Waals surface area contributed by atoms with Crippen LogP contribution in [0.15, 0.2) is 77.7 Å². The number of nitrogens with one attached hydrogen (secondary N) is 1. The summed E-state index contributed by atoms with van der Waals surface area (Å²) in [7, 11) is -2.83. The summed E-state index contributed by atoms with van der Waals surface area (Å²) in [6.07, 6.45) is 0. The third kappa shape index (κ3) is 4.15. The van der Waals surface area contributed by atoms with Crippen LogP contribution >= 0.6 is 0 Å². The van der Waals surface area contributed by atoms with Gasteiger partial charge in [-0.1, -0.05) is 30.3 Å². The molecule has 0 spiro atoms. The van der Waals surface area contributed by atoms with Gasteiger partial charge in [-0.05, 0) is 48.0 Å². The highest BCUT2D eigenvalue weighted by Crippen LogP contribution is 2.35. The Bertz CT molecular complexity index is 1350. The maximum Gasteiger partial charge on any atom is 0.338 e. The Balaban J connectivity index is 1.67. The van der Waals surface area contributed by atoms with Crippen LogP contribution in [0.5, 0.6) is 0 Å². The Morgan fingerprint density at radius 1 is 0.939 bits per heavy atom. The summed E-state index contributed by atoms with van der Waals surface area (Å²) in [5.41, 5.74) is 1.32. The van der Waals surface area contributed by atoms with Gasteiger partial charge in [0.2, 0.25) is 0 Å². The van der Waals surface area contributed by atoms with Crippen molar-refractivity contribution in [3.05, 3.63) is 89.5 Å². The first-order valence-electron chi connectivity index (χ1n) is 9.81. The number of rotatable bonds is 5. The summed E-state index contributed by atoms with van der Waals surface area (Å²) < 4.78 is 27.3. The number of anilines is 2. The second-order valence-corrected chi connectivity index (χ2v) is 9.19. The van der Waals surface area contributed by atoms with Gasteiger partial charge in [-0.15, -0.1) is 0 Å². The molecule has 3 aromatic rings. The monoisotopic (exact) mass is 465 g/mol. The van der Waals surface area contributed by atoms with Crippen LogP contribution in [-0.4, -0.2) is 42.8 Å². The molecule has 0 saturated carbocycles. The third-order valence-electron chi connectivity index (χ3n) is 5.21. The molecule has 3 amide bonds. The lowest BCUT2D eigenvalue weighted by molar-refractivity contribution is 0.0696. The minimum Gasteiger partial charge on any atom is -0.478 e. The average molecular weight is 465 g/mol. The predicted molar refractivity (Wildman–Crippen MR) is 121 cm³/mol. The molecule has 0 unspecified atom stereocenters. The normalized spacial score (nSPS) is 14.5. The quantitative estimate of drug-likeness (QED) is 0.595. The molecule has 0 aliphatic carbocycles. The Labute approximate surface area is 189 Å². The fourth-order valence-electron chi connectivity index (χ4n) is 3.43. The van der Waals surface area contributed by atoms with E-state index in [1.807, 2.05) is 0 Å². The molecule has 1 heterocycles. The van der Waals surface area contributed by atoms with E-state index in [4.69, 9.17) is 5.11 Å². The Morgan fingerprint density at radius 2 is 1.58 bits per heavy atom. The Morgan fingerprint density at radius 3 is 2.21 bits per heavy atom. The van der Waals surface area contributed by atoms with Crippen molar-refractivity contribution >= 4 is 39.3 Å². The van der Waals surface area contributed by atoms with E-state index in [0.717, 1.165) is 0 Å². The molecule has 4 rings (SSSR count). The molecule has 10 heteroatoms. The molecule has 168 valence electrons. The van der Waals surface area contributed by atoms with Gasteiger partial charge in [-0.3, -0.25) is 9.69 Å². The number of nitrogens with zero attached hydrogens (tertiary/aromatic N) is 2. The van der Waals surface area contributed by atoms with E-state index in [1.165, 1.54) is 54.4 Å². The second-order valence-electron chi connectivity index (χ2n) is 7.36. The molecule has 2 N–H and O–H groups in total. The van der Waals surface area contributed by atoms with E-state index >= 15 is 0 Å². The number of hydrogen-bond donors (Lipinski definition) is 2. The van der Waals surface area contributed by atoms with Gasteiger partial charge in [-0.2, -0.15) is 0 Å². The van der Waals surface area contributed by atoms with Gasteiger partial charge in [0.05, 0.1) is 17.8 Å². The number of aromatic carboxylic acids is 1. The SMILES string of the molecule is CN1C(=O)N(Cc2ccc(C(=O)O)cc2)S(=O)(=O)c2cc(C(=O)Nc3ccccc3)ccc21. The molecule has 33 heavy (non-hydrogen) atoms. The average Bonchev–Trinajstić information content (AvgIpc) is 2.81. The number of carbonyl (C=O) groups is 3. The van der Waals surface area contributed by atoms with E-state index in [9.17, 15) is 22.8 Å². The van der Waals surface area contributed by atoms with Crippen LogP contribution in [0.4, 0.5) is 16.2 Å². The van der Waals surface area contributed by atoms with Gasteiger partial charge >= 0.3 is 12.0 Å². The summed E-state index contributed by atoms with van der Waals surface area (Å²) in [5, 5.41) is 11.7. The number of amides is 3. The highest BCUT2D eigenvalue weighted by atomic mass is 32.2. The first-order chi connectivity index (χ1) is 15.7. The lowest BCUT2D eigenvalue weighted by Gasteiger charge is -2.34. The Hall–Kier alpha value is -4.18. The summed E-state index contributed by atoms with van der Waals surface area (Å²) in [4.78, 5) is 37.6. The number of urea groups is 1. The molecule has 0 saturated heterocycles. The van der Waals surface area contributed by atoms with Crippen LogP contribution in [0.25, 0.3) is 0 Å². The van der Waals surface area contributed by atoms with Crippen LogP contribution in [0.2, 0.25) is 0 Å². The van der Waals surface area contributed by atoms with Crippen molar-refractivity contribution in [1.29, 1.82) is 0 Å². The van der Waals surface area contributed by atoms with Gasteiger partial charge < -0.3 is 10.4 Å². The van der Waals surface area contributed by atoms with E-state index < -0.39 is 27.9 Å². The van der Waals surface area contributed by atoms with Gasteiger partial charge in [-0.25, -0.2) is 22.3 Å². The second kappa shape index (κ2) is 8.40. The Kier molecular flexibility index (Phi) is 5.60. The van der Waals surface area contributed by atoms with Crippen LogP contribution in [-0.2, 0) is 16.6 Å². The number of sulfonamides is 1. The summed E-state index contributed by atoms with van der Waals surface area (Å²) in [5.74, 6) is -1.60. The highest BCUT2D eigenvalue weighted by molar-refractivity contribution is 7.90. The zero-order chi connectivity index (χ0) is 23.8. The number of fused-ring (bicyclic) bond motifs is 1. The van der Waals surface area contributed by atoms with Crippen molar-refractivity contribution in [2.45, 2.75) is 11.4 Å². The van der Waals surface area contributed by atoms with Crippen molar-refractivity contribution < 1.29 is 27.9 Å². The lowest BCUT2D eigenvalue weighted by Crippen LogP contribution is -2.48. The minimum atomic E-state index is -4.27. The van der Waals surface area contributed by atoms with Crippen molar-refractivity contribution in [2.75, 3.05) is 17.3 Å². The molecule has 0 aromatic heterocycles. The molecule has 9 nitrogen and oxygen atoms in total. The topological polar surface area (TPSA) is 124 Å². The van der Waals surface area contributed by atoms with Gasteiger partial charge in [0.1, 0.15) is 4.90 Å². The molecule has 3 aromatic carbocycles. The van der Waals surface area contributed by atoms with E-state index in [0.29, 0.717) is 15.6 Å². The van der Waals surface area contributed by atoms with Crippen LogP contribution in [0.3, 0.4) is 0 Å². The fraction of sp³-hybridized carbons (Fsp3) is 0.0870. The number of carboxylic acid groups (broad SMARTS) is 1. The van der Waals surface area contributed by atoms with Crippen molar-refractivity contribution in [2.24, 2.45) is 0 Å². The van der Waals surface area contributed by atoms with E-state index in [1.54, 1.807) is 30.3 Å². The molecule has 0 fully saturated rings. The summed E-state index contributed by atoms with van der Waals surface area (Å²) in [6.45, 7) is -0.286. The number of benzene rings is 3. The number of para-hydroxylation sites is 1. The van der Waals surface area contributed by atoms with E-state index in [-0.39, 0.29) is 28.3 Å². The van der Waals surface area contributed by atoms with Gasteiger partial charge in [0.15, 0.2) is 0 Å². The van der Waals surface area contributed by atoms with Gasteiger partial charge in [0, 0.05) is 18.3 Å². The standard InChI is InChI=1S/C23H19N3O6S/c1-25-19-12-11-17(21(27)24-18-5-3-2-4-6-18)13-20(19)33(31,32)26(23(25)30)14-15-7-9-16(10-8-15)22(28)29/h2-13H,14H2,1H3,(H,24,27)(H,28,29). The van der Waals surface area contributed by atoms with Crippen LogP contribution in [0.1, 0.15) is 26.3 Å². The summed E-state index contributed by atoms with van der Waals surface area (Å²) in [6, 6.07) is 17.7. The third-order valence-corrected chi connectivity index (χ3v) is 6.96.